The third kappa shape index (κ3) is 1.42. The van der Waals surface area contributed by atoms with Crippen LogP contribution < -0.4 is 5.32 Å². The summed E-state index contributed by atoms with van der Waals surface area (Å²) < 4.78 is 0. The average molecular weight is 154 g/mol. The Bertz CT molecular complexity index is 136. The Morgan fingerprint density at radius 1 is 1.27 bits per heavy atom. The maximum absolute atomic E-state index is 3.59. The van der Waals surface area contributed by atoms with Crippen molar-refractivity contribution in [1.82, 2.24) is 10.2 Å². The summed E-state index contributed by atoms with van der Waals surface area (Å²) in [5.74, 6) is 0. The van der Waals surface area contributed by atoms with Crippen LogP contribution in [0.15, 0.2) is 0 Å². The minimum absolute atomic E-state index is 0.808. The van der Waals surface area contributed by atoms with E-state index in [0.717, 1.165) is 12.1 Å². The third-order valence-corrected chi connectivity index (χ3v) is 3.15. The summed E-state index contributed by atoms with van der Waals surface area (Å²) in [6.45, 7) is 2.54. The summed E-state index contributed by atoms with van der Waals surface area (Å²) in [5, 5.41) is 3.59. The molecule has 0 amide bonds. The van der Waals surface area contributed by atoms with E-state index in [9.17, 15) is 0 Å². The van der Waals surface area contributed by atoms with Gasteiger partial charge in [-0.3, -0.25) is 0 Å². The van der Waals surface area contributed by atoms with Crippen LogP contribution in [-0.2, 0) is 0 Å². The normalized spacial score (nSPS) is 40.1. The lowest BCUT2D eigenvalue weighted by Gasteiger charge is -2.25. The van der Waals surface area contributed by atoms with Crippen LogP contribution in [0.25, 0.3) is 0 Å². The van der Waals surface area contributed by atoms with Crippen LogP contribution in [0, 0.1) is 0 Å². The van der Waals surface area contributed by atoms with E-state index in [-0.39, 0.29) is 0 Å². The molecule has 11 heavy (non-hydrogen) atoms. The summed E-state index contributed by atoms with van der Waals surface area (Å²) in [4.78, 5) is 2.54. The van der Waals surface area contributed by atoms with Crippen LogP contribution in [-0.4, -0.2) is 37.1 Å². The van der Waals surface area contributed by atoms with E-state index in [4.69, 9.17) is 0 Å². The molecule has 0 aromatic heterocycles. The van der Waals surface area contributed by atoms with Gasteiger partial charge in [0.2, 0.25) is 0 Å². The second-order valence-electron chi connectivity index (χ2n) is 3.89. The zero-order valence-corrected chi connectivity index (χ0v) is 7.34. The van der Waals surface area contributed by atoms with E-state index < -0.39 is 0 Å². The monoisotopic (exact) mass is 154 g/mol. The quantitative estimate of drug-likeness (QED) is 0.556. The highest BCUT2D eigenvalue weighted by Gasteiger charge is 2.30. The van der Waals surface area contributed by atoms with Crippen LogP contribution in [0.3, 0.4) is 0 Å². The average Bonchev–Trinajstić information content (AvgIpc) is 2.40. The molecule has 2 aliphatic heterocycles. The molecule has 0 aromatic carbocycles. The summed E-state index contributed by atoms with van der Waals surface area (Å²) in [6.07, 6.45) is 5.57. The molecule has 2 rings (SSSR count). The number of hydrogen-bond acceptors (Lipinski definition) is 2. The first kappa shape index (κ1) is 7.56. The van der Waals surface area contributed by atoms with Gasteiger partial charge in [-0.05, 0) is 39.4 Å². The summed E-state index contributed by atoms with van der Waals surface area (Å²) in [7, 11) is 2.27. The van der Waals surface area contributed by atoms with E-state index in [1.54, 1.807) is 0 Å². The Hall–Kier alpha value is -0.0800. The maximum atomic E-state index is 3.59. The van der Waals surface area contributed by atoms with Crippen molar-refractivity contribution in [3.05, 3.63) is 0 Å². The summed E-state index contributed by atoms with van der Waals surface area (Å²) in [5.41, 5.74) is 0. The van der Waals surface area contributed by atoms with Gasteiger partial charge in [-0.2, -0.15) is 0 Å². The highest BCUT2D eigenvalue weighted by Crippen LogP contribution is 2.21. The van der Waals surface area contributed by atoms with Crippen molar-refractivity contribution < 1.29 is 0 Å². The molecule has 1 N–H and O–H groups in total. The molecular formula is C9H18N2. The second kappa shape index (κ2) is 3.11. The number of fused-ring (bicyclic) bond motifs is 1. The molecule has 0 bridgehead atoms. The molecule has 2 heterocycles. The van der Waals surface area contributed by atoms with Crippen molar-refractivity contribution in [3.63, 3.8) is 0 Å². The molecule has 0 spiro atoms. The van der Waals surface area contributed by atoms with Crippen molar-refractivity contribution in [2.45, 2.75) is 37.8 Å². The molecule has 0 saturated carbocycles. The van der Waals surface area contributed by atoms with E-state index in [1.165, 1.54) is 38.8 Å². The van der Waals surface area contributed by atoms with E-state index in [0.29, 0.717) is 0 Å². The van der Waals surface area contributed by atoms with E-state index in [2.05, 4.69) is 17.3 Å². The Morgan fingerprint density at radius 2 is 2.18 bits per heavy atom. The summed E-state index contributed by atoms with van der Waals surface area (Å²) >= 11 is 0. The van der Waals surface area contributed by atoms with Gasteiger partial charge in [-0.25, -0.2) is 0 Å². The molecule has 2 aliphatic rings. The van der Waals surface area contributed by atoms with Crippen LogP contribution in [0.5, 0.6) is 0 Å². The fraction of sp³-hybridized carbons (Fsp3) is 1.00. The molecule has 0 aromatic rings. The van der Waals surface area contributed by atoms with Gasteiger partial charge in [0, 0.05) is 12.1 Å². The number of rotatable bonds is 0. The Morgan fingerprint density at radius 3 is 3.09 bits per heavy atom. The smallest absolute Gasteiger partial charge is 0.0258 e. The van der Waals surface area contributed by atoms with Gasteiger partial charge in [0.05, 0.1) is 0 Å². The molecule has 2 atom stereocenters. The number of nitrogens with zero attached hydrogens (tertiary/aromatic N) is 1. The van der Waals surface area contributed by atoms with Gasteiger partial charge < -0.3 is 10.2 Å². The third-order valence-electron chi connectivity index (χ3n) is 3.15. The molecule has 0 aliphatic carbocycles. The maximum Gasteiger partial charge on any atom is 0.0258 e. The van der Waals surface area contributed by atoms with Gasteiger partial charge in [0.25, 0.3) is 0 Å². The second-order valence-corrected chi connectivity index (χ2v) is 3.89. The number of nitrogens with one attached hydrogen (secondary N) is 1. The Kier molecular flexibility index (Phi) is 2.14. The van der Waals surface area contributed by atoms with Gasteiger partial charge in [0.15, 0.2) is 0 Å². The first-order chi connectivity index (χ1) is 5.38. The van der Waals surface area contributed by atoms with Gasteiger partial charge in [-0.15, -0.1) is 0 Å². The number of hydrogen-bond donors (Lipinski definition) is 1. The SMILES string of the molecule is CN1CCCC[C@H]2NCC[C@@H]21. The Labute approximate surface area is 69.0 Å². The zero-order chi connectivity index (χ0) is 7.68. The fourth-order valence-electron chi connectivity index (χ4n) is 2.47. The van der Waals surface area contributed by atoms with Crippen LogP contribution >= 0.6 is 0 Å². The molecule has 2 saturated heterocycles. The van der Waals surface area contributed by atoms with Crippen molar-refractivity contribution in [2.24, 2.45) is 0 Å². The first-order valence-electron chi connectivity index (χ1n) is 4.81. The lowest BCUT2D eigenvalue weighted by Crippen LogP contribution is -2.39. The lowest BCUT2D eigenvalue weighted by atomic mass is 10.1. The van der Waals surface area contributed by atoms with E-state index >= 15 is 0 Å². The molecular weight excluding hydrogens is 136 g/mol. The predicted octanol–water partition coefficient (Wildman–Crippen LogP) is 0.833. The van der Waals surface area contributed by atoms with Gasteiger partial charge in [-0.1, -0.05) is 6.42 Å². The molecule has 0 radical (unpaired) electrons. The molecule has 2 nitrogen and oxygen atoms in total. The zero-order valence-electron chi connectivity index (χ0n) is 7.34. The van der Waals surface area contributed by atoms with Gasteiger partial charge in [0.1, 0.15) is 0 Å². The first-order valence-corrected chi connectivity index (χ1v) is 4.81. The molecule has 2 heteroatoms. The molecule has 64 valence electrons. The predicted molar refractivity (Wildman–Crippen MR) is 46.7 cm³/mol. The summed E-state index contributed by atoms with van der Waals surface area (Å²) in [6, 6.07) is 1.65. The topological polar surface area (TPSA) is 15.3 Å². The molecule has 2 fully saturated rings. The van der Waals surface area contributed by atoms with Crippen molar-refractivity contribution in [2.75, 3.05) is 20.1 Å². The highest BCUT2D eigenvalue weighted by molar-refractivity contribution is 4.91. The number of likely N-dealkylation sites (tertiary alicyclic amines) is 1. The van der Waals surface area contributed by atoms with Crippen molar-refractivity contribution >= 4 is 0 Å². The van der Waals surface area contributed by atoms with Gasteiger partial charge >= 0.3 is 0 Å². The van der Waals surface area contributed by atoms with Crippen molar-refractivity contribution in [3.8, 4) is 0 Å². The largest absolute Gasteiger partial charge is 0.312 e. The number of likely N-dealkylation sites (N-methyl/N-ethyl adjacent to an activating group) is 1. The Balaban J connectivity index is 2.03. The minimum Gasteiger partial charge on any atom is -0.312 e. The van der Waals surface area contributed by atoms with Crippen molar-refractivity contribution in [1.29, 1.82) is 0 Å². The lowest BCUT2D eigenvalue weighted by molar-refractivity contribution is 0.240. The fourth-order valence-corrected chi connectivity index (χ4v) is 2.47. The van der Waals surface area contributed by atoms with Crippen LogP contribution in [0.1, 0.15) is 25.7 Å². The van der Waals surface area contributed by atoms with Crippen LogP contribution in [0.4, 0.5) is 0 Å². The standard InChI is InChI=1S/C9H18N2/c1-11-7-3-2-4-8-9(11)5-6-10-8/h8-10H,2-7H2,1H3/t8-,9+/m1/s1. The molecule has 0 unspecified atom stereocenters. The minimum atomic E-state index is 0.808. The highest BCUT2D eigenvalue weighted by atomic mass is 15.2. The van der Waals surface area contributed by atoms with Crippen LogP contribution in [0.2, 0.25) is 0 Å². The van der Waals surface area contributed by atoms with E-state index in [1.807, 2.05) is 0 Å².